The molecule has 2 fully saturated rings. The van der Waals surface area contributed by atoms with Crippen LogP contribution in [0.5, 0.6) is 0 Å². The Morgan fingerprint density at radius 3 is 2.50 bits per heavy atom. The third-order valence-electron chi connectivity index (χ3n) is 4.79. The van der Waals surface area contributed by atoms with Gasteiger partial charge in [-0.05, 0) is 40.0 Å². The summed E-state index contributed by atoms with van der Waals surface area (Å²) in [6.07, 6.45) is 9.34. The van der Waals surface area contributed by atoms with Gasteiger partial charge in [0.2, 0.25) is 0 Å². The minimum atomic E-state index is -0.514. The third kappa shape index (κ3) is 4.70. The Hall–Kier alpha value is -1.13. The Morgan fingerprint density at radius 1 is 1.29 bits per heavy atom. The van der Waals surface area contributed by atoms with Gasteiger partial charge in [0.1, 0.15) is 5.60 Å². The fraction of sp³-hybridized carbons (Fsp3) is 0.750. The number of hydrogen-bond donors (Lipinski definition) is 0. The van der Waals surface area contributed by atoms with Crippen LogP contribution in [0.25, 0.3) is 0 Å². The average molecular weight is 336 g/mol. The Balaban J connectivity index is 2.10. The van der Waals surface area contributed by atoms with E-state index in [4.69, 9.17) is 14.2 Å². The highest BCUT2D eigenvalue weighted by Gasteiger charge is 2.46. The van der Waals surface area contributed by atoms with Crippen LogP contribution in [0.4, 0.5) is 0 Å². The summed E-state index contributed by atoms with van der Waals surface area (Å²) in [6.45, 7) is 13.9. The van der Waals surface area contributed by atoms with Crippen LogP contribution in [-0.4, -0.2) is 30.1 Å². The van der Waals surface area contributed by atoms with Crippen molar-refractivity contribution in [3.8, 4) is 0 Å². The molecule has 0 bridgehead atoms. The van der Waals surface area contributed by atoms with E-state index >= 15 is 0 Å². The summed E-state index contributed by atoms with van der Waals surface area (Å²) < 4.78 is 18.0. The zero-order chi connectivity index (χ0) is 17.8. The number of esters is 1. The molecule has 1 saturated heterocycles. The molecule has 1 aliphatic heterocycles. The molecule has 2 aliphatic rings. The smallest absolute Gasteiger partial charge is 0.310 e. The van der Waals surface area contributed by atoms with Crippen LogP contribution in [0.2, 0.25) is 0 Å². The molecule has 0 radical (unpaired) electrons. The molecule has 1 saturated carbocycles. The maximum atomic E-state index is 12.7. The second kappa shape index (κ2) is 7.83. The first kappa shape index (κ1) is 19.2. The van der Waals surface area contributed by atoms with Crippen LogP contribution in [0.3, 0.4) is 0 Å². The topological polar surface area (TPSA) is 44.8 Å². The molecule has 0 aromatic rings. The van der Waals surface area contributed by atoms with Crippen molar-refractivity contribution in [1.29, 1.82) is 0 Å². The summed E-state index contributed by atoms with van der Waals surface area (Å²) in [7, 11) is 0. The molecule has 4 heteroatoms. The van der Waals surface area contributed by atoms with E-state index in [-0.39, 0.29) is 23.9 Å². The SMILES string of the molecule is C=CC[C@H](C(=O)OC(C)(C)C)[C@H](C=C)[C@H]1COC2(CCCCC2)O1. The monoisotopic (exact) mass is 336 g/mol. The number of allylic oxidation sites excluding steroid dienone is 1. The Kier molecular flexibility index (Phi) is 6.27. The fourth-order valence-electron chi connectivity index (χ4n) is 3.66. The molecule has 1 aliphatic carbocycles. The van der Waals surface area contributed by atoms with E-state index in [1.165, 1.54) is 6.42 Å². The van der Waals surface area contributed by atoms with Gasteiger partial charge in [-0.25, -0.2) is 0 Å². The number of carbonyl (C=O) groups excluding carboxylic acids is 1. The van der Waals surface area contributed by atoms with Gasteiger partial charge in [0.25, 0.3) is 0 Å². The molecule has 0 unspecified atom stereocenters. The normalized spacial score (nSPS) is 25.9. The second-order valence-corrected chi connectivity index (χ2v) is 7.92. The van der Waals surface area contributed by atoms with Crippen molar-refractivity contribution in [1.82, 2.24) is 0 Å². The van der Waals surface area contributed by atoms with Crippen molar-refractivity contribution in [3.63, 3.8) is 0 Å². The van der Waals surface area contributed by atoms with E-state index in [0.29, 0.717) is 13.0 Å². The molecule has 1 spiro atoms. The lowest BCUT2D eigenvalue weighted by atomic mass is 9.85. The van der Waals surface area contributed by atoms with E-state index in [1.54, 1.807) is 6.08 Å². The number of rotatable bonds is 6. The first-order valence-corrected chi connectivity index (χ1v) is 9.08. The third-order valence-corrected chi connectivity index (χ3v) is 4.79. The van der Waals surface area contributed by atoms with Crippen LogP contribution in [0, 0.1) is 11.8 Å². The van der Waals surface area contributed by atoms with Crippen molar-refractivity contribution in [2.45, 2.75) is 76.8 Å². The average Bonchev–Trinajstić information content (AvgIpc) is 2.89. The molecule has 1 heterocycles. The van der Waals surface area contributed by atoms with Gasteiger partial charge in [-0.3, -0.25) is 4.79 Å². The van der Waals surface area contributed by atoms with E-state index in [0.717, 1.165) is 25.7 Å². The summed E-state index contributed by atoms with van der Waals surface area (Å²) in [5.41, 5.74) is -0.514. The van der Waals surface area contributed by atoms with Crippen LogP contribution in [0.15, 0.2) is 25.3 Å². The number of carbonyl (C=O) groups is 1. The van der Waals surface area contributed by atoms with E-state index in [9.17, 15) is 4.79 Å². The molecule has 3 atom stereocenters. The largest absolute Gasteiger partial charge is 0.460 e. The summed E-state index contributed by atoms with van der Waals surface area (Å²) >= 11 is 0. The molecule has 0 aromatic heterocycles. The highest BCUT2D eigenvalue weighted by molar-refractivity contribution is 5.74. The van der Waals surface area contributed by atoms with Gasteiger partial charge in [-0.1, -0.05) is 18.6 Å². The lowest BCUT2D eigenvalue weighted by Crippen LogP contribution is -2.39. The van der Waals surface area contributed by atoms with Crippen LogP contribution >= 0.6 is 0 Å². The van der Waals surface area contributed by atoms with Crippen LogP contribution in [0.1, 0.15) is 59.3 Å². The predicted molar refractivity (Wildman–Crippen MR) is 94.5 cm³/mol. The highest BCUT2D eigenvalue weighted by Crippen LogP contribution is 2.41. The van der Waals surface area contributed by atoms with Gasteiger partial charge in [-0.2, -0.15) is 0 Å². The number of ether oxygens (including phenoxy) is 3. The quantitative estimate of drug-likeness (QED) is 0.533. The molecule has 4 nitrogen and oxygen atoms in total. The van der Waals surface area contributed by atoms with Crippen LogP contribution < -0.4 is 0 Å². The molecule has 2 rings (SSSR count). The zero-order valence-electron chi connectivity index (χ0n) is 15.4. The molecule has 136 valence electrons. The van der Waals surface area contributed by atoms with Gasteiger partial charge >= 0.3 is 5.97 Å². The highest BCUT2D eigenvalue weighted by atomic mass is 16.7. The van der Waals surface area contributed by atoms with E-state index < -0.39 is 11.4 Å². The summed E-state index contributed by atoms with van der Waals surface area (Å²) in [5.74, 6) is -1.15. The van der Waals surface area contributed by atoms with E-state index in [1.807, 2.05) is 26.8 Å². The minimum Gasteiger partial charge on any atom is -0.460 e. The maximum Gasteiger partial charge on any atom is 0.310 e. The first-order valence-electron chi connectivity index (χ1n) is 9.08. The van der Waals surface area contributed by atoms with Gasteiger partial charge in [0, 0.05) is 18.8 Å². The van der Waals surface area contributed by atoms with Crippen molar-refractivity contribution in [2.75, 3.05) is 6.61 Å². The summed E-state index contributed by atoms with van der Waals surface area (Å²) in [6, 6.07) is 0. The predicted octanol–water partition coefficient (Wildman–Crippen LogP) is 4.40. The zero-order valence-corrected chi connectivity index (χ0v) is 15.4. The van der Waals surface area contributed by atoms with Crippen molar-refractivity contribution < 1.29 is 19.0 Å². The van der Waals surface area contributed by atoms with E-state index in [2.05, 4.69) is 13.2 Å². The van der Waals surface area contributed by atoms with Crippen molar-refractivity contribution in [3.05, 3.63) is 25.3 Å². The lowest BCUT2D eigenvalue weighted by molar-refractivity contribution is -0.193. The summed E-state index contributed by atoms with van der Waals surface area (Å²) in [4.78, 5) is 12.7. The van der Waals surface area contributed by atoms with Crippen molar-refractivity contribution in [2.24, 2.45) is 11.8 Å². The molecular weight excluding hydrogens is 304 g/mol. The molecular formula is C20H32O4. The van der Waals surface area contributed by atoms with Crippen LogP contribution in [-0.2, 0) is 19.0 Å². The fourth-order valence-corrected chi connectivity index (χ4v) is 3.66. The lowest BCUT2D eigenvalue weighted by Gasteiger charge is -2.34. The van der Waals surface area contributed by atoms with Crippen molar-refractivity contribution >= 4 is 5.97 Å². The standard InChI is InChI=1S/C20H32O4/c1-6-11-16(18(21)24-19(3,4)5)15(7-2)17-14-22-20(23-17)12-9-8-10-13-20/h6-7,15-17H,1-2,8-14H2,3-5H3/t15-,16-,17+/m0/s1. The first-order chi connectivity index (χ1) is 11.3. The molecule has 0 amide bonds. The molecule has 24 heavy (non-hydrogen) atoms. The summed E-state index contributed by atoms with van der Waals surface area (Å²) in [5, 5.41) is 0. The Labute approximate surface area is 146 Å². The minimum absolute atomic E-state index is 0.140. The maximum absolute atomic E-state index is 12.7. The molecule has 0 N–H and O–H groups in total. The molecule has 0 aromatic carbocycles. The Morgan fingerprint density at radius 2 is 1.96 bits per heavy atom. The van der Waals surface area contributed by atoms with Gasteiger partial charge < -0.3 is 14.2 Å². The van der Waals surface area contributed by atoms with Gasteiger partial charge in [0.05, 0.1) is 18.6 Å². The van der Waals surface area contributed by atoms with Gasteiger partial charge in [-0.15, -0.1) is 13.2 Å². The Bertz CT molecular complexity index is 457. The second-order valence-electron chi connectivity index (χ2n) is 7.92. The number of hydrogen-bond acceptors (Lipinski definition) is 4. The van der Waals surface area contributed by atoms with Gasteiger partial charge in [0.15, 0.2) is 5.79 Å².